The van der Waals surface area contributed by atoms with Gasteiger partial charge in [0.25, 0.3) is 0 Å². The number of carbonyl (C=O) groups is 2. The second-order valence-corrected chi connectivity index (χ2v) is 5.51. The van der Waals surface area contributed by atoms with Crippen molar-refractivity contribution in [3.63, 3.8) is 0 Å². The molecule has 0 aromatic carbocycles. The Morgan fingerprint density at radius 3 is 2.84 bits per heavy atom. The molecule has 0 unspecified atom stereocenters. The smallest absolute Gasteiger partial charge is 0.248 e. The Morgan fingerprint density at radius 2 is 2.16 bits per heavy atom. The van der Waals surface area contributed by atoms with Crippen LogP contribution in [0.25, 0.3) is 0 Å². The van der Waals surface area contributed by atoms with Crippen LogP contribution in [-0.2, 0) is 14.3 Å². The normalized spacial score (nSPS) is 10.0. The number of hydrogen-bond donors (Lipinski definition) is 3. The van der Waals surface area contributed by atoms with Gasteiger partial charge in [-0.25, -0.2) is 0 Å². The van der Waals surface area contributed by atoms with Crippen molar-refractivity contribution in [1.29, 1.82) is 0 Å². The summed E-state index contributed by atoms with van der Waals surface area (Å²) in [5.41, 5.74) is 4.48. The summed E-state index contributed by atoms with van der Waals surface area (Å²) in [6, 6.07) is 0. The van der Waals surface area contributed by atoms with E-state index in [-0.39, 0.29) is 17.6 Å². The maximum Gasteiger partial charge on any atom is 0.248 e. The zero-order valence-electron chi connectivity index (χ0n) is 10.6. The first-order valence-electron chi connectivity index (χ1n) is 5.36. The number of amides is 2. The highest BCUT2D eigenvalue weighted by atomic mass is 32.2. The molecule has 0 radical (unpaired) electrons. The molecule has 0 bridgehead atoms. The monoisotopic (exact) mass is 305 g/mol. The zero-order chi connectivity index (χ0) is 14.1. The SMILES string of the molecule is COCCNc1nnc(SCC(=O)NNC(C)=O)s1. The van der Waals surface area contributed by atoms with E-state index in [1.165, 1.54) is 30.0 Å². The van der Waals surface area contributed by atoms with Gasteiger partial charge in [0.15, 0.2) is 4.34 Å². The van der Waals surface area contributed by atoms with Crippen molar-refractivity contribution < 1.29 is 14.3 Å². The molecule has 19 heavy (non-hydrogen) atoms. The van der Waals surface area contributed by atoms with E-state index in [1.807, 2.05) is 0 Å². The van der Waals surface area contributed by atoms with E-state index in [4.69, 9.17) is 4.74 Å². The molecule has 0 aliphatic rings. The molecule has 1 heterocycles. The van der Waals surface area contributed by atoms with Crippen LogP contribution in [0.3, 0.4) is 0 Å². The third-order valence-corrected chi connectivity index (χ3v) is 3.71. The van der Waals surface area contributed by atoms with Crippen LogP contribution in [0.15, 0.2) is 4.34 Å². The van der Waals surface area contributed by atoms with Crippen LogP contribution >= 0.6 is 23.1 Å². The molecule has 1 aromatic heterocycles. The first-order chi connectivity index (χ1) is 9.11. The zero-order valence-corrected chi connectivity index (χ0v) is 12.2. The highest BCUT2D eigenvalue weighted by Gasteiger charge is 2.08. The van der Waals surface area contributed by atoms with Gasteiger partial charge >= 0.3 is 0 Å². The molecule has 0 saturated heterocycles. The second-order valence-electron chi connectivity index (χ2n) is 3.31. The minimum Gasteiger partial charge on any atom is -0.383 e. The lowest BCUT2D eigenvalue weighted by molar-refractivity contribution is -0.126. The van der Waals surface area contributed by atoms with Gasteiger partial charge in [0.05, 0.1) is 12.4 Å². The van der Waals surface area contributed by atoms with Gasteiger partial charge in [0.2, 0.25) is 16.9 Å². The molecule has 1 rings (SSSR count). The molecular weight excluding hydrogens is 290 g/mol. The van der Waals surface area contributed by atoms with E-state index in [9.17, 15) is 9.59 Å². The largest absolute Gasteiger partial charge is 0.383 e. The highest BCUT2D eigenvalue weighted by molar-refractivity contribution is 8.01. The quantitative estimate of drug-likeness (QED) is 0.366. The summed E-state index contributed by atoms with van der Waals surface area (Å²) in [7, 11) is 1.62. The molecule has 0 spiro atoms. The molecule has 0 aliphatic heterocycles. The number of anilines is 1. The van der Waals surface area contributed by atoms with E-state index >= 15 is 0 Å². The fraction of sp³-hybridized carbons (Fsp3) is 0.556. The fourth-order valence-corrected chi connectivity index (χ4v) is 2.50. The van der Waals surface area contributed by atoms with E-state index in [1.54, 1.807) is 7.11 Å². The van der Waals surface area contributed by atoms with Gasteiger partial charge in [-0.15, -0.1) is 10.2 Å². The highest BCUT2D eigenvalue weighted by Crippen LogP contribution is 2.24. The van der Waals surface area contributed by atoms with Gasteiger partial charge in [0.1, 0.15) is 0 Å². The van der Waals surface area contributed by atoms with Crippen LogP contribution < -0.4 is 16.2 Å². The number of thioether (sulfide) groups is 1. The number of aromatic nitrogens is 2. The predicted octanol–water partition coefficient (Wildman–Crippen LogP) is -0.144. The summed E-state index contributed by atoms with van der Waals surface area (Å²) in [5.74, 6) is -0.462. The number of nitrogens with zero attached hydrogens (tertiary/aromatic N) is 2. The van der Waals surface area contributed by atoms with Crippen LogP contribution in [0, 0.1) is 0 Å². The number of ether oxygens (including phenoxy) is 1. The van der Waals surface area contributed by atoms with Crippen molar-refractivity contribution in [2.75, 3.05) is 31.3 Å². The topological polar surface area (TPSA) is 105 Å². The molecule has 106 valence electrons. The lowest BCUT2D eigenvalue weighted by Gasteiger charge is -2.02. The Morgan fingerprint density at radius 1 is 1.37 bits per heavy atom. The van der Waals surface area contributed by atoms with E-state index in [2.05, 4.69) is 26.4 Å². The van der Waals surface area contributed by atoms with Crippen molar-refractivity contribution >= 4 is 40.0 Å². The number of hydrogen-bond acceptors (Lipinski definition) is 8. The van der Waals surface area contributed by atoms with Crippen molar-refractivity contribution in [3.8, 4) is 0 Å². The van der Waals surface area contributed by atoms with Gasteiger partial charge in [-0.3, -0.25) is 20.4 Å². The van der Waals surface area contributed by atoms with Crippen molar-refractivity contribution in [2.24, 2.45) is 0 Å². The van der Waals surface area contributed by atoms with E-state index < -0.39 is 0 Å². The Kier molecular flexibility index (Phi) is 7.15. The average Bonchev–Trinajstić information content (AvgIpc) is 2.82. The molecule has 0 atom stereocenters. The maximum absolute atomic E-state index is 11.3. The summed E-state index contributed by atoms with van der Waals surface area (Å²) in [6.07, 6.45) is 0. The van der Waals surface area contributed by atoms with Crippen LogP contribution in [0.2, 0.25) is 0 Å². The summed E-state index contributed by atoms with van der Waals surface area (Å²) in [5, 5.41) is 11.6. The minimum atomic E-state index is -0.320. The summed E-state index contributed by atoms with van der Waals surface area (Å²) < 4.78 is 5.58. The van der Waals surface area contributed by atoms with Crippen LogP contribution in [0.4, 0.5) is 5.13 Å². The van der Waals surface area contributed by atoms with E-state index in [0.29, 0.717) is 22.6 Å². The lowest BCUT2D eigenvalue weighted by atomic mass is 10.7. The molecule has 1 aromatic rings. The number of hydrazine groups is 1. The predicted molar refractivity (Wildman–Crippen MR) is 73.0 cm³/mol. The van der Waals surface area contributed by atoms with Gasteiger partial charge in [-0.05, 0) is 0 Å². The lowest BCUT2D eigenvalue weighted by Crippen LogP contribution is -2.41. The molecule has 0 aliphatic carbocycles. The molecule has 0 fully saturated rings. The molecule has 0 saturated carbocycles. The Hall–Kier alpha value is -1.39. The van der Waals surface area contributed by atoms with Gasteiger partial charge in [0, 0.05) is 20.6 Å². The first kappa shape index (κ1) is 15.7. The molecule has 2 amide bonds. The molecule has 8 nitrogen and oxygen atoms in total. The molecular formula is C9H15N5O3S2. The number of methoxy groups -OCH3 is 1. The van der Waals surface area contributed by atoms with Crippen LogP contribution in [0.5, 0.6) is 0 Å². The standard InChI is InChI=1S/C9H15N5O3S2/c1-6(15)11-12-7(16)5-18-9-14-13-8(19-9)10-3-4-17-2/h3-5H2,1-2H3,(H,10,13)(H,11,15)(H,12,16). The summed E-state index contributed by atoms with van der Waals surface area (Å²) in [4.78, 5) is 21.9. The van der Waals surface area contributed by atoms with Gasteiger partial charge in [-0.1, -0.05) is 23.1 Å². The molecule has 10 heteroatoms. The minimum absolute atomic E-state index is 0.160. The summed E-state index contributed by atoms with van der Waals surface area (Å²) in [6.45, 7) is 2.55. The Labute approximate surface area is 118 Å². The first-order valence-corrected chi connectivity index (χ1v) is 7.16. The van der Waals surface area contributed by atoms with Gasteiger partial charge < -0.3 is 10.1 Å². The number of nitrogens with one attached hydrogen (secondary N) is 3. The van der Waals surface area contributed by atoms with Crippen molar-refractivity contribution in [3.05, 3.63) is 0 Å². The van der Waals surface area contributed by atoms with Crippen LogP contribution in [0.1, 0.15) is 6.92 Å². The average molecular weight is 305 g/mol. The van der Waals surface area contributed by atoms with E-state index in [0.717, 1.165) is 0 Å². The number of carbonyl (C=O) groups excluding carboxylic acids is 2. The Balaban J connectivity index is 2.25. The molecule has 3 N–H and O–H groups in total. The number of rotatable bonds is 7. The van der Waals surface area contributed by atoms with Gasteiger partial charge in [-0.2, -0.15) is 0 Å². The third-order valence-electron chi connectivity index (χ3n) is 1.69. The van der Waals surface area contributed by atoms with Crippen LogP contribution in [-0.4, -0.2) is 48.0 Å². The fourth-order valence-electron chi connectivity index (χ4n) is 0.921. The second kappa shape index (κ2) is 8.67. The maximum atomic E-state index is 11.3. The Bertz CT molecular complexity index is 426. The summed E-state index contributed by atoms with van der Waals surface area (Å²) >= 11 is 2.61. The van der Waals surface area contributed by atoms with Crippen molar-refractivity contribution in [2.45, 2.75) is 11.3 Å². The third kappa shape index (κ3) is 6.94. The van der Waals surface area contributed by atoms with Crippen molar-refractivity contribution in [1.82, 2.24) is 21.0 Å².